The molecule has 0 spiro atoms. The Bertz CT molecular complexity index is 973. The van der Waals surface area contributed by atoms with Crippen LogP contribution in [0.25, 0.3) is 11.4 Å². The van der Waals surface area contributed by atoms with Gasteiger partial charge in [0.05, 0.1) is 29.7 Å². The third kappa shape index (κ3) is 4.40. The van der Waals surface area contributed by atoms with E-state index in [-0.39, 0.29) is 18.4 Å². The molecular weight excluding hydrogens is 379 g/mol. The second-order valence-electron chi connectivity index (χ2n) is 6.61. The molecule has 1 aromatic carbocycles. The minimum absolute atomic E-state index is 0.236. The van der Waals surface area contributed by atoms with E-state index in [1.807, 2.05) is 13.8 Å². The van der Waals surface area contributed by atoms with E-state index < -0.39 is 11.9 Å². The quantitative estimate of drug-likeness (QED) is 0.663. The average Bonchev–Trinajstić information content (AvgIpc) is 3.08. The fourth-order valence-electron chi connectivity index (χ4n) is 2.91. The van der Waals surface area contributed by atoms with Gasteiger partial charge in [0, 0.05) is 28.5 Å². The Labute approximate surface area is 166 Å². The second-order valence-corrected chi connectivity index (χ2v) is 7.50. The predicted molar refractivity (Wildman–Crippen MR) is 106 cm³/mol. The third-order valence-electron chi connectivity index (χ3n) is 4.54. The molecule has 3 rings (SSSR count). The SMILES string of the molecule is Cc1ccc(-c2ncc(F)cn2)cc1C(=O)NC[C@H](c1scnc1C)[C@@H](C)O. The molecule has 8 heteroatoms. The van der Waals surface area contributed by atoms with Crippen LogP contribution in [0.2, 0.25) is 0 Å². The summed E-state index contributed by atoms with van der Waals surface area (Å²) in [5, 5.41) is 13.0. The second kappa shape index (κ2) is 8.53. The van der Waals surface area contributed by atoms with Crippen molar-refractivity contribution in [2.24, 2.45) is 0 Å². The lowest BCUT2D eigenvalue weighted by Crippen LogP contribution is -2.33. The summed E-state index contributed by atoms with van der Waals surface area (Å²) in [7, 11) is 0. The molecule has 1 amide bonds. The van der Waals surface area contributed by atoms with Crippen LogP contribution in [0.5, 0.6) is 0 Å². The Morgan fingerprint density at radius 2 is 1.96 bits per heavy atom. The summed E-state index contributed by atoms with van der Waals surface area (Å²) in [5.41, 5.74) is 4.50. The summed E-state index contributed by atoms with van der Waals surface area (Å²) in [6.07, 6.45) is 1.55. The van der Waals surface area contributed by atoms with Gasteiger partial charge < -0.3 is 10.4 Å². The molecule has 2 N–H and O–H groups in total. The molecule has 0 radical (unpaired) electrons. The molecular formula is C20H21FN4O2S. The molecule has 2 heterocycles. The van der Waals surface area contributed by atoms with E-state index in [1.165, 1.54) is 11.3 Å². The molecule has 0 saturated carbocycles. The zero-order valence-corrected chi connectivity index (χ0v) is 16.6. The van der Waals surface area contributed by atoms with E-state index in [4.69, 9.17) is 0 Å². The van der Waals surface area contributed by atoms with Crippen LogP contribution in [0.3, 0.4) is 0 Å². The maximum absolute atomic E-state index is 13.0. The summed E-state index contributed by atoms with van der Waals surface area (Å²) in [6, 6.07) is 5.28. The fraction of sp³-hybridized carbons (Fsp3) is 0.300. The molecule has 6 nitrogen and oxygen atoms in total. The van der Waals surface area contributed by atoms with Crippen molar-refractivity contribution in [3.05, 3.63) is 63.6 Å². The number of nitrogens with one attached hydrogen (secondary N) is 1. The molecule has 0 bridgehead atoms. The maximum Gasteiger partial charge on any atom is 0.251 e. The number of carbonyl (C=O) groups excluding carboxylic acids is 1. The van der Waals surface area contributed by atoms with Crippen LogP contribution in [-0.4, -0.2) is 38.6 Å². The number of aliphatic hydroxyl groups excluding tert-OH is 1. The largest absolute Gasteiger partial charge is 0.393 e. The Morgan fingerprint density at radius 3 is 2.57 bits per heavy atom. The summed E-state index contributed by atoms with van der Waals surface area (Å²) >= 11 is 1.47. The molecule has 0 aliphatic rings. The van der Waals surface area contributed by atoms with Gasteiger partial charge in [0.25, 0.3) is 5.91 Å². The van der Waals surface area contributed by atoms with Crippen LogP contribution in [0.15, 0.2) is 36.1 Å². The van der Waals surface area contributed by atoms with Crippen LogP contribution < -0.4 is 5.32 Å². The first-order chi connectivity index (χ1) is 13.4. The fourth-order valence-corrected chi connectivity index (χ4v) is 3.92. The topological polar surface area (TPSA) is 88.0 Å². The van der Waals surface area contributed by atoms with Crippen molar-refractivity contribution in [3.63, 3.8) is 0 Å². The minimum Gasteiger partial charge on any atom is -0.393 e. The average molecular weight is 400 g/mol. The van der Waals surface area contributed by atoms with Crippen LogP contribution in [0, 0.1) is 19.7 Å². The molecule has 28 heavy (non-hydrogen) atoms. The van der Waals surface area contributed by atoms with Gasteiger partial charge in [-0.15, -0.1) is 11.3 Å². The Kier molecular flexibility index (Phi) is 6.11. The van der Waals surface area contributed by atoms with Gasteiger partial charge in [0.15, 0.2) is 11.6 Å². The Hall–Kier alpha value is -2.71. The number of rotatable bonds is 6. The highest BCUT2D eigenvalue weighted by molar-refractivity contribution is 7.09. The summed E-state index contributed by atoms with van der Waals surface area (Å²) in [6.45, 7) is 5.72. The number of halogens is 1. The number of thiazole rings is 1. The van der Waals surface area contributed by atoms with Crippen molar-refractivity contribution in [3.8, 4) is 11.4 Å². The number of amides is 1. The first-order valence-electron chi connectivity index (χ1n) is 8.81. The summed E-state index contributed by atoms with van der Waals surface area (Å²) < 4.78 is 13.0. The first-order valence-corrected chi connectivity index (χ1v) is 9.69. The summed E-state index contributed by atoms with van der Waals surface area (Å²) in [4.78, 5) is 25.9. The molecule has 0 fully saturated rings. The molecule has 0 unspecified atom stereocenters. The van der Waals surface area contributed by atoms with Crippen LogP contribution in [0.4, 0.5) is 4.39 Å². The third-order valence-corrected chi connectivity index (χ3v) is 5.61. The van der Waals surface area contributed by atoms with Gasteiger partial charge in [-0.25, -0.2) is 19.3 Å². The standard InChI is InChI=1S/C20H21FN4O2S/c1-11-4-5-14(19-22-7-15(21)8-23-19)6-16(11)20(27)24-9-17(13(3)26)18-12(2)25-10-28-18/h4-8,10,13,17,26H,9H2,1-3H3,(H,24,27)/t13-,17+/m1/s1. The predicted octanol–water partition coefficient (Wildman–Crippen LogP) is 3.25. The highest BCUT2D eigenvalue weighted by Crippen LogP contribution is 2.26. The maximum atomic E-state index is 13.0. The monoisotopic (exact) mass is 400 g/mol. The molecule has 3 aromatic rings. The number of aliphatic hydroxyl groups is 1. The van der Waals surface area contributed by atoms with E-state index in [0.717, 1.165) is 28.5 Å². The van der Waals surface area contributed by atoms with E-state index in [9.17, 15) is 14.3 Å². The number of carbonyl (C=O) groups is 1. The zero-order chi connectivity index (χ0) is 20.3. The number of hydrogen-bond donors (Lipinski definition) is 2. The van der Waals surface area contributed by atoms with E-state index in [1.54, 1.807) is 30.6 Å². The van der Waals surface area contributed by atoms with Crippen molar-refractivity contribution in [1.29, 1.82) is 0 Å². The van der Waals surface area contributed by atoms with Crippen molar-refractivity contribution in [2.75, 3.05) is 6.54 Å². The normalized spacial score (nSPS) is 13.2. The van der Waals surface area contributed by atoms with Crippen molar-refractivity contribution in [2.45, 2.75) is 32.8 Å². The van der Waals surface area contributed by atoms with Gasteiger partial charge in [0.1, 0.15) is 0 Å². The molecule has 2 atom stereocenters. The zero-order valence-electron chi connectivity index (χ0n) is 15.8. The lowest BCUT2D eigenvalue weighted by atomic mass is 9.99. The van der Waals surface area contributed by atoms with Crippen molar-refractivity contribution in [1.82, 2.24) is 20.3 Å². The molecule has 2 aromatic heterocycles. The van der Waals surface area contributed by atoms with Gasteiger partial charge >= 0.3 is 0 Å². The van der Waals surface area contributed by atoms with Gasteiger partial charge in [0.2, 0.25) is 0 Å². The molecule has 0 aliphatic heterocycles. The highest BCUT2D eigenvalue weighted by Gasteiger charge is 2.23. The van der Waals surface area contributed by atoms with Crippen LogP contribution in [-0.2, 0) is 0 Å². The number of hydrogen-bond acceptors (Lipinski definition) is 6. The Morgan fingerprint density at radius 1 is 1.25 bits per heavy atom. The summed E-state index contributed by atoms with van der Waals surface area (Å²) in [5.74, 6) is -0.663. The van der Waals surface area contributed by atoms with E-state index in [2.05, 4.69) is 20.3 Å². The molecule has 0 saturated heterocycles. The highest BCUT2D eigenvalue weighted by atomic mass is 32.1. The van der Waals surface area contributed by atoms with Gasteiger partial charge in [-0.3, -0.25) is 4.79 Å². The lowest BCUT2D eigenvalue weighted by Gasteiger charge is -2.20. The van der Waals surface area contributed by atoms with Crippen molar-refractivity contribution < 1.29 is 14.3 Å². The van der Waals surface area contributed by atoms with Gasteiger partial charge in [-0.1, -0.05) is 12.1 Å². The number of benzene rings is 1. The molecule has 146 valence electrons. The smallest absolute Gasteiger partial charge is 0.251 e. The lowest BCUT2D eigenvalue weighted by molar-refractivity contribution is 0.0936. The van der Waals surface area contributed by atoms with Crippen LogP contribution >= 0.6 is 11.3 Å². The van der Waals surface area contributed by atoms with Gasteiger partial charge in [-0.05, 0) is 32.4 Å². The van der Waals surface area contributed by atoms with E-state index >= 15 is 0 Å². The minimum atomic E-state index is -0.625. The first kappa shape index (κ1) is 20.0. The number of aromatic nitrogens is 3. The van der Waals surface area contributed by atoms with Gasteiger partial charge in [-0.2, -0.15) is 0 Å². The molecule has 0 aliphatic carbocycles. The van der Waals surface area contributed by atoms with Crippen molar-refractivity contribution >= 4 is 17.2 Å². The van der Waals surface area contributed by atoms with E-state index in [0.29, 0.717) is 17.0 Å². The van der Waals surface area contributed by atoms with Crippen LogP contribution in [0.1, 0.15) is 39.3 Å². The number of aryl methyl sites for hydroxylation is 2. The Balaban J connectivity index is 1.79. The number of nitrogens with zero attached hydrogens (tertiary/aromatic N) is 3.